The van der Waals surface area contributed by atoms with Crippen LogP contribution >= 0.6 is 0 Å². The lowest BCUT2D eigenvalue weighted by Crippen LogP contribution is -2.50. The minimum absolute atomic E-state index is 0.101. The standard InChI is InChI=1S/C16H21NO3/c1-11-13(9-6-10-16(11,2)15(19)20)14(18)17-12-7-4-3-5-8-12/h3-5,7-8,11,13H,6,9-10H2,1-2H3,(H,17,18)(H,19,20)/p-1/t11-,13+,16+/m0/s1. The lowest BCUT2D eigenvalue weighted by atomic mass is 9.63. The molecule has 1 aromatic rings. The number of nitrogens with one attached hydrogen (secondary N) is 1. The van der Waals surface area contributed by atoms with E-state index >= 15 is 0 Å². The Balaban J connectivity index is 2.12. The molecule has 2 rings (SSSR count). The monoisotopic (exact) mass is 274 g/mol. The van der Waals surface area contributed by atoms with Crippen molar-refractivity contribution < 1.29 is 14.7 Å². The number of carbonyl (C=O) groups is 2. The van der Waals surface area contributed by atoms with Gasteiger partial charge in [-0.15, -0.1) is 0 Å². The number of carboxylic acid groups (broad SMARTS) is 1. The summed E-state index contributed by atoms with van der Waals surface area (Å²) in [5.74, 6) is -1.67. The van der Waals surface area contributed by atoms with Crippen LogP contribution < -0.4 is 10.4 Å². The fraction of sp³-hybridized carbons (Fsp3) is 0.500. The van der Waals surface area contributed by atoms with Crippen LogP contribution in [0.2, 0.25) is 0 Å². The summed E-state index contributed by atoms with van der Waals surface area (Å²) in [6.45, 7) is 3.53. The second kappa shape index (κ2) is 5.65. The average Bonchev–Trinajstić information content (AvgIpc) is 2.42. The normalized spacial score (nSPS) is 29.7. The molecule has 1 fully saturated rings. The summed E-state index contributed by atoms with van der Waals surface area (Å²) in [6, 6.07) is 9.23. The molecule has 1 aliphatic rings. The van der Waals surface area contributed by atoms with Crippen LogP contribution in [-0.4, -0.2) is 11.9 Å². The number of para-hydroxylation sites is 1. The minimum Gasteiger partial charge on any atom is -0.550 e. The van der Waals surface area contributed by atoms with Crippen LogP contribution in [-0.2, 0) is 9.59 Å². The third-order valence-corrected chi connectivity index (χ3v) is 4.66. The molecule has 20 heavy (non-hydrogen) atoms. The van der Waals surface area contributed by atoms with E-state index in [-0.39, 0.29) is 17.7 Å². The Hall–Kier alpha value is -1.84. The molecule has 0 spiro atoms. The van der Waals surface area contributed by atoms with Crippen LogP contribution in [0.3, 0.4) is 0 Å². The van der Waals surface area contributed by atoms with Crippen LogP contribution in [0.5, 0.6) is 0 Å². The first-order valence-electron chi connectivity index (χ1n) is 7.02. The summed E-state index contributed by atoms with van der Waals surface area (Å²) < 4.78 is 0. The highest BCUT2D eigenvalue weighted by Crippen LogP contribution is 2.44. The molecule has 0 unspecified atom stereocenters. The topological polar surface area (TPSA) is 69.2 Å². The van der Waals surface area contributed by atoms with Gasteiger partial charge in [-0.2, -0.15) is 0 Å². The second-order valence-corrected chi connectivity index (χ2v) is 5.85. The SMILES string of the molecule is C[C@H]1[C@H](C(=O)Nc2ccccc2)CCC[C@@]1(C)C(=O)[O-]. The molecule has 0 bridgehead atoms. The highest BCUT2D eigenvalue weighted by molar-refractivity contribution is 5.93. The molecule has 4 heteroatoms. The van der Waals surface area contributed by atoms with Crippen molar-refractivity contribution in [3.63, 3.8) is 0 Å². The van der Waals surface area contributed by atoms with Gasteiger partial charge in [0.2, 0.25) is 5.91 Å². The predicted octanol–water partition coefficient (Wildman–Crippen LogP) is 1.82. The van der Waals surface area contributed by atoms with Gasteiger partial charge in [0.25, 0.3) is 0 Å². The Morgan fingerprint density at radius 2 is 1.95 bits per heavy atom. The highest BCUT2D eigenvalue weighted by Gasteiger charge is 2.43. The maximum Gasteiger partial charge on any atom is 0.227 e. The molecule has 1 saturated carbocycles. The first-order valence-corrected chi connectivity index (χ1v) is 7.02. The minimum atomic E-state index is -1.05. The Morgan fingerprint density at radius 3 is 2.55 bits per heavy atom. The van der Waals surface area contributed by atoms with E-state index in [2.05, 4.69) is 5.32 Å². The molecule has 0 saturated heterocycles. The molecule has 0 heterocycles. The van der Waals surface area contributed by atoms with Gasteiger partial charge in [-0.3, -0.25) is 4.79 Å². The summed E-state index contributed by atoms with van der Waals surface area (Å²) in [7, 11) is 0. The van der Waals surface area contributed by atoms with Crippen LogP contribution in [0.4, 0.5) is 5.69 Å². The van der Waals surface area contributed by atoms with E-state index in [1.165, 1.54) is 0 Å². The number of hydrogen-bond donors (Lipinski definition) is 1. The molecule has 1 amide bonds. The number of anilines is 1. The molecule has 0 radical (unpaired) electrons. The number of carboxylic acids is 1. The van der Waals surface area contributed by atoms with Crippen molar-refractivity contribution in [3.8, 4) is 0 Å². The third kappa shape index (κ3) is 2.69. The van der Waals surface area contributed by atoms with E-state index in [1.807, 2.05) is 37.3 Å². The Labute approximate surface area is 119 Å². The van der Waals surface area contributed by atoms with E-state index < -0.39 is 11.4 Å². The highest BCUT2D eigenvalue weighted by atomic mass is 16.4. The number of rotatable bonds is 3. The van der Waals surface area contributed by atoms with Gasteiger partial charge < -0.3 is 15.2 Å². The molecule has 1 aromatic carbocycles. The van der Waals surface area contributed by atoms with Crippen molar-refractivity contribution >= 4 is 17.6 Å². The smallest absolute Gasteiger partial charge is 0.227 e. The number of aliphatic carboxylic acids is 1. The van der Waals surface area contributed by atoms with E-state index in [4.69, 9.17) is 0 Å². The largest absolute Gasteiger partial charge is 0.550 e. The maximum atomic E-state index is 12.4. The third-order valence-electron chi connectivity index (χ3n) is 4.66. The Kier molecular flexibility index (Phi) is 4.12. The number of hydrogen-bond acceptors (Lipinski definition) is 3. The Bertz CT molecular complexity index is 500. The van der Waals surface area contributed by atoms with Gasteiger partial charge >= 0.3 is 0 Å². The van der Waals surface area contributed by atoms with Crippen LogP contribution in [0.1, 0.15) is 33.1 Å². The van der Waals surface area contributed by atoms with Crippen LogP contribution in [0, 0.1) is 17.3 Å². The second-order valence-electron chi connectivity index (χ2n) is 5.85. The zero-order valence-electron chi connectivity index (χ0n) is 11.9. The van der Waals surface area contributed by atoms with E-state index in [0.29, 0.717) is 6.42 Å². The zero-order valence-corrected chi connectivity index (χ0v) is 11.9. The van der Waals surface area contributed by atoms with Crippen molar-refractivity contribution in [3.05, 3.63) is 30.3 Å². The molecular weight excluding hydrogens is 254 g/mol. The van der Waals surface area contributed by atoms with Gasteiger partial charge in [-0.05, 0) is 30.9 Å². The van der Waals surface area contributed by atoms with Gasteiger partial charge in [-0.25, -0.2) is 0 Å². The lowest BCUT2D eigenvalue weighted by Gasteiger charge is -2.44. The molecule has 1 aliphatic carbocycles. The van der Waals surface area contributed by atoms with Crippen molar-refractivity contribution in [2.24, 2.45) is 17.3 Å². The van der Waals surface area contributed by atoms with Gasteiger partial charge in [-0.1, -0.05) is 38.5 Å². The molecule has 0 aromatic heterocycles. The van der Waals surface area contributed by atoms with Gasteiger partial charge in [0.05, 0.1) is 0 Å². The average molecular weight is 274 g/mol. The van der Waals surface area contributed by atoms with Crippen molar-refractivity contribution in [1.29, 1.82) is 0 Å². The summed E-state index contributed by atoms with van der Waals surface area (Å²) in [5.41, 5.74) is -0.179. The van der Waals surface area contributed by atoms with E-state index in [0.717, 1.165) is 18.5 Å². The first kappa shape index (κ1) is 14.6. The van der Waals surface area contributed by atoms with Crippen LogP contribution in [0.25, 0.3) is 0 Å². The fourth-order valence-electron chi connectivity index (χ4n) is 3.01. The first-order chi connectivity index (χ1) is 9.45. The molecule has 1 N–H and O–H groups in total. The van der Waals surface area contributed by atoms with Crippen molar-refractivity contribution in [2.45, 2.75) is 33.1 Å². The lowest BCUT2D eigenvalue weighted by molar-refractivity contribution is -0.323. The molecule has 4 nitrogen and oxygen atoms in total. The summed E-state index contributed by atoms with van der Waals surface area (Å²) in [6.07, 6.45) is 2.04. The number of amides is 1. The van der Waals surface area contributed by atoms with Crippen molar-refractivity contribution in [1.82, 2.24) is 0 Å². The summed E-state index contributed by atoms with van der Waals surface area (Å²) >= 11 is 0. The van der Waals surface area contributed by atoms with Gasteiger partial charge in [0.15, 0.2) is 0 Å². The molecular formula is C16H20NO3-. The fourth-order valence-corrected chi connectivity index (χ4v) is 3.01. The van der Waals surface area contributed by atoms with Crippen molar-refractivity contribution in [2.75, 3.05) is 5.32 Å². The number of carbonyl (C=O) groups excluding carboxylic acids is 2. The molecule has 3 atom stereocenters. The Morgan fingerprint density at radius 1 is 1.30 bits per heavy atom. The molecule has 0 aliphatic heterocycles. The summed E-state index contributed by atoms with van der Waals surface area (Å²) in [5, 5.41) is 14.2. The maximum absolute atomic E-state index is 12.4. The zero-order chi connectivity index (χ0) is 14.8. The molecule has 108 valence electrons. The van der Waals surface area contributed by atoms with Crippen LogP contribution in [0.15, 0.2) is 30.3 Å². The number of benzene rings is 1. The van der Waals surface area contributed by atoms with Gasteiger partial charge in [0, 0.05) is 23.0 Å². The van der Waals surface area contributed by atoms with E-state index in [9.17, 15) is 14.7 Å². The summed E-state index contributed by atoms with van der Waals surface area (Å²) in [4.78, 5) is 23.7. The predicted molar refractivity (Wildman–Crippen MR) is 74.7 cm³/mol. The van der Waals surface area contributed by atoms with E-state index in [1.54, 1.807) is 6.92 Å². The van der Waals surface area contributed by atoms with Gasteiger partial charge in [0.1, 0.15) is 0 Å². The quantitative estimate of drug-likeness (QED) is 0.914.